The van der Waals surface area contributed by atoms with Crippen molar-refractivity contribution in [2.75, 3.05) is 0 Å². The Labute approximate surface area is 98.4 Å². The molecule has 4 heteroatoms. The third-order valence-electron chi connectivity index (χ3n) is 2.52. The van der Waals surface area contributed by atoms with Crippen LogP contribution in [0.15, 0.2) is 55.0 Å². The summed E-state index contributed by atoms with van der Waals surface area (Å²) in [5.74, 6) is 0.683. The molecule has 0 aliphatic rings. The number of nitrogens with zero attached hydrogens (tertiary/aromatic N) is 3. The van der Waals surface area contributed by atoms with E-state index < -0.39 is 0 Å². The molecule has 0 aliphatic carbocycles. The molecule has 0 spiro atoms. The number of hydrogen-bond acceptors (Lipinski definition) is 3. The summed E-state index contributed by atoms with van der Waals surface area (Å²) in [6.07, 6.45) is 3.26. The molecule has 3 aromatic rings. The molecule has 17 heavy (non-hydrogen) atoms. The van der Waals surface area contributed by atoms with Crippen molar-refractivity contribution in [3.63, 3.8) is 0 Å². The van der Waals surface area contributed by atoms with Crippen molar-refractivity contribution in [3.8, 4) is 22.6 Å². The smallest absolute Gasteiger partial charge is 0.174 e. The third-order valence-corrected chi connectivity index (χ3v) is 2.52. The summed E-state index contributed by atoms with van der Waals surface area (Å²) in [5, 5.41) is 6.63. The van der Waals surface area contributed by atoms with Crippen LogP contribution in [0.25, 0.3) is 22.6 Å². The number of aromatic nitrogens is 4. The Hall–Kier alpha value is -2.49. The van der Waals surface area contributed by atoms with Crippen molar-refractivity contribution in [2.24, 2.45) is 0 Å². The Morgan fingerprint density at radius 1 is 0.882 bits per heavy atom. The van der Waals surface area contributed by atoms with Gasteiger partial charge in [-0.15, -0.1) is 0 Å². The first-order chi connectivity index (χ1) is 8.43. The van der Waals surface area contributed by atoms with Gasteiger partial charge in [-0.05, 0) is 23.3 Å². The van der Waals surface area contributed by atoms with Gasteiger partial charge in [-0.2, -0.15) is 5.10 Å². The van der Waals surface area contributed by atoms with Gasteiger partial charge in [-0.25, -0.2) is 4.98 Å². The molecule has 0 fully saturated rings. The van der Waals surface area contributed by atoms with Crippen LogP contribution in [-0.2, 0) is 0 Å². The fourth-order valence-corrected chi connectivity index (χ4v) is 1.70. The Bertz CT molecular complexity index is 602. The van der Waals surface area contributed by atoms with Gasteiger partial charge < -0.3 is 0 Å². The second-order valence-electron chi connectivity index (χ2n) is 3.63. The van der Waals surface area contributed by atoms with Crippen LogP contribution in [0.5, 0.6) is 0 Å². The molecule has 82 valence electrons. The minimum Gasteiger partial charge on any atom is -0.258 e. The maximum absolute atomic E-state index is 4.27. The lowest BCUT2D eigenvalue weighted by atomic mass is 10.1. The molecule has 0 unspecified atom stereocenters. The molecule has 1 N–H and O–H groups in total. The van der Waals surface area contributed by atoms with Crippen molar-refractivity contribution in [1.82, 2.24) is 20.2 Å². The molecule has 0 atom stereocenters. The van der Waals surface area contributed by atoms with Crippen LogP contribution in [0.1, 0.15) is 0 Å². The quantitative estimate of drug-likeness (QED) is 0.724. The highest BCUT2D eigenvalue weighted by atomic mass is 15.2. The Morgan fingerprint density at radius 2 is 1.76 bits per heavy atom. The van der Waals surface area contributed by atoms with Crippen LogP contribution in [0, 0.1) is 0 Å². The van der Waals surface area contributed by atoms with Gasteiger partial charge in [0.25, 0.3) is 0 Å². The van der Waals surface area contributed by atoms with Crippen LogP contribution >= 0.6 is 0 Å². The fourth-order valence-electron chi connectivity index (χ4n) is 1.70. The molecule has 0 bridgehead atoms. The molecule has 0 saturated carbocycles. The molecule has 0 amide bonds. The van der Waals surface area contributed by atoms with E-state index in [0.717, 1.165) is 16.8 Å². The number of H-pyrrole nitrogens is 1. The number of rotatable bonds is 2. The number of aromatic amines is 1. The van der Waals surface area contributed by atoms with Gasteiger partial charge >= 0.3 is 0 Å². The highest BCUT2D eigenvalue weighted by molar-refractivity contribution is 5.67. The third kappa shape index (κ3) is 1.92. The van der Waals surface area contributed by atoms with E-state index in [0.29, 0.717) is 5.82 Å². The van der Waals surface area contributed by atoms with Crippen LogP contribution in [0.4, 0.5) is 0 Å². The van der Waals surface area contributed by atoms with Gasteiger partial charge in [0.1, 0.15) is 12.0 Å². The lowest BCUT2D eigenvalue weighted by molar-refractivity contribution is 1.09. The van der Waals surface area contributed by atoms with Crippen molar-refractivity contribution >= 4 is 0 Å². The lowest BCUT2D eigenvalue weighted by Gasteiger charge is -2.02. The summed E-state index contributed by atoms with van der Waals surface area (Å²) in [5.41, 5.74) is 3.08. The first-order valence-electron chi connectivity index (χ1n) is 5.31. The van der Waals surface area contributed by atoms with E-state index in [1.165, 1.54) is 6.33 Å². The molecular weight excluding hydrogens is 212 g/mol. The Morgan fingerprint density at radius 3 is 2.53 bits per heavy atom. The van der Waals surface area contributed by atoms with E-state index >= 15 is 0 Å². The maximum Gasteiger partial charge on any atom is 0.174 e. The molecule has 1 aromatic carbocycles. The van der Waals surface area contributed by atoms with Crippen molar-refractivity contribution in [1.29, 1.82) is 0 Å². The summed E-state index contributed by atoms with van der Waals surface area (Å²) >= 11 is 0. The summed E-state index contributed by atoms with van der Waals surface area (Å²) in [7, 11) is 0. The minimum atomic E-state index is 0.683. The van der Waals surface area contributed by atoms with Gasteiger partial charge in [-0.1, -0.05) is 30.3 Å². The van der Waals surface area contributed by atoms with Crippen LogP contribution in [0.2, 0.25) is 0 Å². The van der Waals surface area contributed by atoms with E-state index in [1.807, 2.05) is 30.3 Å². The van der Waals surface area contributed by atoms with E-state index in [2.05, 4.69) is 32.3 Å². The first-order valence-corrected chi connectivity index (χ1v) is 5.31. The van der Waals surface area contributed by atoms with Crippen LogP contribution in [0.3, 0.4) is 0 Å². The van der Waals surface area contributed by atoms with E-state index in [-0.39, 0.29) is 0 Å². The average molecular weight is 222 g/mol. The van der Waals surface area contributed by atoms with Gasteiger partial charge in [0, 0.05) is 6.20 Å². The zero-order valence-corrected chi connectivity index (χ0v) is 9.04. The molecular formula is C13H10N4. The Balaban J connectivity index is 2.06. The van der Waals surface area contributed by atoms with E-state index in [4.69, 9.17) is 0 Å². The SMILES string of the molecule is c1ccc(-c2ccnc(-c3ncn[nH]3)c2)cc1. The second-order valence-corrected chi connectivity index (χ2v) is 3.63. The summed E-state index contributed by atoms with van der Waals surface area (Å²) in [6, 6.07) is 14.2. The topological polar surface area (TPSA) is 54.5 Å². The lowest BCUT2D eigenvalue weighted by Crippen LogP contribution is -1.87. The van der Waals surface area contributed by atoms with Crippen LogP contribution < -0.4 is 0 Å². The predicted molar refractivity (Wildman–Crippen MR) is 65.0 cm³/mol. The number of benzene rings is 1. The largest absolute Gasteiger partial charge is 0.258 e. The standard InChI is InChI=1S/C13H10N4/c1-2-4-10(5-3-1)11-6-7-14-12(8-11)13-15-9-16-17-13/h1-9H,(H,15,16,17). The van der Waals surface area contributed by atoms with Gasteiger partial charge in [0.05, 0.1) is 0 Å². The zero-order chi connectivity index (χ0) is 11.5. The van der Waals surface area contributed by atoms with Crippen molar-refractivity contribution < 1.29 is 0 Å². The van der Waals surface area contributed by atoms with Crippen LogP contribution in [-0.4, -0.2) is 20.2 Å². The van der Waals surface area contributed by atoms with Crippen molar-refractivity contribution in [2.45, 2.75) is 0 Å². The molecule has 0 aliphatic heterocycles. The van der Waals surface area contributed by atoms with Gasteiger partial charge in [-0.3, -0.25) is 10.1 Å². The number of nitrogens with one attached hydrogen (secondary N) is 1. The van der Waals surface area contributed by atoms with Crippen molar-refractivity contribution in [3.05, 3.63) is 55.0 Å². The molecule has 2 aromatic heterocycles. The molecule has 3 rings (SSSR count). The number of hydrogen-bond donors (Lipinski definition) is 1. The molecule has 2 heterocycles. The normalized spacial score (nSPS) is 10.4. The second kappa shape index (κ2) is 4.17. The highest BCUT2D eigenvalue weighted by Crippen LogP contribution is 2.21. The summed E-state index contributed by atoms with van der Waals surface area (Å²) in [4.78, 5) is 8.37. The molecule has 0 radical (unpaired) electrons. The minimum absolute atomic E-state index is 0.683. The predicted octanol–water partition coefficient (Wildman–Crippen LogP) is 2.53. The average Bonchev–Trinajstić information content (AvgIpc) is 2.94. The maximum atomic E-state index is 4.27. The summed E-state index contributed by atoms with van der Waals surface area (Å²) < 4.78 is 0. The molecule has 0 saturated heterocycles. The highest BCUT2D eigenvalue weighted by Gasteiger charge is 2.04. The van der Waals surface area contributed by atoms with Gasteiger partial charge in [0.2, 0.25) is 0 Å². The van der Waals surface area contributed by atoms with E-state index in [1.54, 1.807) is 6.20 Å². The summed E-state index contributed by atoms with van der Waals surface area (Å²) in [6.45, 7) is 0. The first kappa shape index (κ1) is 9.72. The Kier molecular flexibility index (Phi) is 2.38. The molecule has 4 nitrogen and oxygen atoms in total. The number of pyridine rings is 1. The monoisotopic (exact) mass is 222 g/mol. The van der Waals surface area contributed by atoms with E-state index in [9.17, 15) is 0 Å². The van der Waals surface area contributed by atoms with Gasteiger partial charge in [0.15, 0.2) is 5.82 Å². The zero-order valence-electron chi connectivity index (χ0n) is 9.04. The fraction of sp³-hybridized carbons (Fsp3) is 0.